The molecule has 0 aliphatic heterocycles. The zero-order chi connectivity index (χ0) is 17.8. The SMILES string of the molecule is Cc1ccc(-n2ccnc(NCC(C)c3ccccc3)c2=O)cc1C. The van der Waals surface area contributed by atoms with Crippen molar-refractivity contribution in [3.05, 3.63) is 88.0 Å². The third-order valence-electron chi connectivity index (χ3n) is 4.55. The predicted molar refractivity (Wildman–Crippen MR) is 103 cm³/mol. The fraction of sp³-hybridized carbons (Fsp3) is 0.238. The van der Waals surface area contributed by atoms with Gasteiger partial charge in [0.2, 0.25) is 0 Å². The van der Waals surface area contributed by atoms with Gasteiger partial charge in [-0.05, 0) is 48.6 Å². The maximum absolute atomic E-state index is 12.8. The molecule has 0 aliphatic carbocycles. The molecular weight excluding hydrogens is 310 g/mol. The Bertz CT molecular complexity index is 916. The summed E-state index contributed by atoms with van der Waals surface area (Å²) in [5.41, 5.74) is 4.33. The van der Waals surface area contributed by atoms with E-state index in [1.54, 1.807) is 17.0 Å². The molecule has 3 aromatic rings. The highest BCUT2D eigenvalue weighted by molar-refractivity contribution is 5.42. The van der Waals surface area contributed by atoms with Crippen LogP contribution in [0.2, 0.25) is 0 Å². The van der Waals surface area contributed by atoms with Gasteiger partial charge >= 0.3 is 0 Å². The Morgan fingerprint density at radius 1 is 1.08 bits per heavy atom. The number of hydrogen-bond acceptors (Lipinski definition) is 3. The summed E-state index contributed by atoms with van der Waals surface area (Å²) < 4.78 is 1.63. The van der Waals surface area contributed by atoms with Crippen LogP contribution in [-0.2, 0) is 0 Å². The summed E-state index contributed by atoms with van der Waals surface area (Å²) in [4.78, 5) is 17.0. The van der Waals surface area contributed by atoms with Gasteiger partial charge in [-0.2, -0.15) is 0 Å². The van der Waals surface area contributed by atoms with Crippen LogP contribution >= 0.6 is 0 Å². The normalized spacial score (nSPS) is 12.0. The first-order valence-corrected chi connectivity index (χ1v) is 8.50. The molecule has 25 heavy (non-hydrogen) atoms. The van der Waals surface area contributed by atoms with E-state index in [0.29, 0.717) is 12.4 Å². The van der Waals surface area contributed by atoms with Gasteiger partial charge in [0.1, 0.15) is 0 Å². The van der Waals surface area contributed by atoms with Crippen LogP contribution in [0.3, 0.4) is 0 Å². The van der Waals surface area contributed by atoms with Crippen molar-refractivity contribution in [1.29, 1.82) is 0 Å². The summed E-state index contributed by atoms with van der Waals surface area (Å²) in [5, 5.41) is 3.20. The van der Waals surface area contributed by atoms with Crippen LogP contribution in [0.25, 0.3) is 5.69 Å². The number of hydrogen-bond donors (Lipinski definition) is 1. The number of aromatic nitrogens is 2. The van der Waals surface area contributed by atoms with Crippen LogP contribution < -0.4 is 10.9 Å². The van der Waals surface area contributed by atoms with E-state index in [1.165, 1.54) is 11.1 Å². The average molecular weight is 333 g/mol. The molecule has 0 amide bonds. The highest BCUT2D eigenvalue weighted by atomic mass is 16.1. The van der Waals surface area contributed by atoms with Gasteiger partial charge in [0, 0.05) is 24.6 Å². The fourth-order valence-electron chi connectivity index (χ4n) is 2.76. The molecule has 4 nitrogen and oxygen atoms in total. The number of anilines is 1. The van der Waals surface area contributed by atoms with Crippen molar-refractivity contribution in [2.45, 2.75) is 26.7 Å². The second-order valence-corrected chi connectivity index (χ2v) is 6.41. The van der Waals surface area contributed by atoms with Crippen molar-refractivity contribution in [1.82, 2.24) is 9.55 Å². The van der Waals surface area contributed by atoms with Gasteiger partial charge in [-0.3, -0.25) is 9.36 Å². The van der Waals surface area contributed by atoms with E-state index >= 15 is 0 Å². The Hall–Kier alpha value is -2.88. The second-order valence-electron chi connectivity index (χ2n) is 6.41. The molecule has 1 aromatic heterocycles. The summed E-state index contributed by atoms with van der Waals surface area (Å²) in [5.74, 6) is 0.668. The summed E-state index contributed by atoms with van der Waals surface area (Å²) in [7, 11) is 0. The number of nitrogens with one attached hydrogen (secondary N) is 1. The Balaban J connectivity index is 1.82. The lowest BCUT2D eigenvalue weighted by Gasteiger charge is -2.14. The van der Waals surface area contributed by atoms with Gasteiger partial charge in [0.25, 0.3) is 5.56 Å². The van der Waals surface area contributed by atoms with Gasteiger partial charge in [-0.15, -0.1) is 0 Å². The van der Waals surface area contributed by atoms with Crippen LogP contribution in [0.15, 0.2) is 65.7 Å². The smallest absolute Gasteiger partial charge is 0.297 e. The van der Waals surface area contributed by atoms with Gasteiger partial charge in [-0.25, -0.2) is 4.98 Å². The molecule has 128 valence electrons. The lowest BCUT2D eigenvalue weighted by atomic mass is 10.0. The number of rotatable bonds is 5. The summed E-state index contributed by atoms with van der Waals surface area (Å²) in [6.45, 7) is 6.90. The third kappa shape index (κ3) is 3.79. The minimum atomic E-state index is -0.133. The van der Waals surface area contributed by atoms with E-state index in [0.717, 1.165) is 11.3 Å². The van der Waals surface area contributed by atoms with E-state index in [9.17, 15) is 4.79 Å². The van der Waals surface area contributed by atoms with Gasteiger partial charge in [0.05, 0.1) is 0 Å². The average Bonchev–Trinajstić information content (AvgIpc) is 2.64. The monoisotopic (exact) mass is 333 g/mol. The molecule has 0 fully saturated rings. The van der Waals surface area contributed by atoms with Crippen molar-refractivity contribution >= 4 is 5.82 Å². The van der Waals surface area contributed by atoms with Crippen LogP contribution in [0.4, 0.5) is 5.82 Å². The Morgan fingerprint density at radius 3 is 2.56 bits per heavy atom. The van der Waals surface area contributed by atoms with Crippen molar-refractivity contribution in [2.75, 3.05) is 11.9 Å². The highest BCUT2D eigenvalue weighted by Crippen LogP contribution is 2.15. The van der Waals surface area contributed by atoms with Gasteiger partial charge < -0.3 is 5.32 Å². The molecule has 0 saturated carbocycles. The zero-order valence-electron chi connectivity index (χ0n) is 14.9. The minimum Gasteiger partial charge on any atom is -0.365 e. The lowest BCUT2D eigenvalue weighted by Crippen LogP contribution is -2.24. The van der Waals surface area contributed by atoms with Crippen LogP contribution in [0.1, 0.15) is 29.5 Å². The van der Waals surface area contributed by atoms with Crippen LogP contribution in [0, 0.1) is 13.8 Å². The molecule has 1 heterocycles. The molecule has 2 aromatic carbocycles. The first-order chi connectivity index (χ1) is 12.1. The molecule has 0 aliphatic rings. The third-order valence-corrected chi connectivity index (χ3v) is 4.55. The molecule has 0 bridgehead atoms. The molecule has 0 radical (unpaired) electrons. The van der Waals surface area contributed by atoms with Crippen LogP contribution in [-0.4, -0.2) is 16.1 Å². The maximum atomic E-state index is 12.8. The molecule has 0 saturated heterocycles. The molecule has 1 N–H and O–H groups in total. The van der Waals surface area contributed by atoms with E-state index in [-0.39, 0.29) is 11.5 Å². The molecule has 0 spiro atoms. The predicted octanol–water partition coefficient (Wildman–Crippen LogP) is 4.06. The van der Waals surface area contributed by atoms with Crippen LogP contribution in [0.5, 0.6) is 0 Å². The van der Waals surface area contributed by atoms with E-state index < -0.39 is 0 Å². The second kappa shape index (κ2) is 7.34. The van der Waals surface area contributed by atoms with Crippen molar-refractivity contribution in [2.24, 2.45) is 0 Å². The summed E-state index contributed by atoms with van der Waals surface area (Å²) in [6.07, 6.45) is 3.37. The maximum Gasteiger partial charge on any atom is 0.297 e. The van der Waals surface area contributed by atoms with E-state index in [1.807, 2.05) is 43.3 Å². The zero-order valence-corrected chi connectivity index (χ0v) is 14.9. The molecule has 1 atom stereocenters. The molecule has 4 heteroatoms. The lowest BCUT2D eigenvalue weighted by molar-refractivity contribution is 0.796. The largest absolute Gasteiger partial charge is 0.365 e. The highest BCUT2D eigenvalue weighted by Gasteiger charge is 2.10. The van der Waals surface area contributed by atoms with Gasteiger partial charge in [-0.1, -0.05) is 43.3 Å². The Morgan fingerprint density at radius 2 is 1.84 bits per heavy atom. The number of benzene rings is 2. The number of nitrogens with zero attached hydrogens (tertiary/aromatic N) is 2. The topological polar surface area (TPSA) is 46.9 Å². The Kier molecular flexibility index (Phi) is 4.98. The summed E-state index contributed by atoms with van der Waals surface area (Å²) in [6, 6.07) is 16.3. The van der Waals surface area contributed by atoms with E-state index in [2.05, 4.69) is 36.3 Å². The van der Waals surface area contributed by atoms with Crippen molar-refractivity contribution < 1.29 is 0 Å². The van der Waals surface area contributed by atoms with Crippen molar-refractivity contribution in [3.63, 3.8) is 0 Å². The first-order valence-electron chi connectivity index (χ1n) is 8.50. The molecule has 1 unspecified atom stereocenters. The van der Waals surface area contributed by atoms with Crippen molar-refractivity contribution in [3.8, 4) is 5.69 Å². The number of aryl methyl sites for hydroxylation is 2. The molecular formula is C21H23N3O. The first kappa shape index (κ1) is 17.0. The fourth-order valence-corrected chi connectivity index (χ4v) is 2.76. The molecule has 3 rings (SSSR count). The minimum absolute atomic E-state index is 0.133. The van der Waals surface area contributed by atoms with E-state index in [4.69, 9.17) is 0 Å². The summed E-state index contributed by atoms with van der Waals surface area (Å²) >= 11 is 0. The Labute approximate surface area is 148 Å². The standard InChI is InChI=1S/C21H23N3O/c1-15-9-10-19(13-16(15)2)24-12-11-22-20(21(24)25)23-14-17(3)18-7-5-4-6-8-18/h4-13,17H,14H2,1-3H3,(H,22,23). The quantitative estimate of drug-likeness (QED) is 0.766. The van der Waals surface area contributed by atoms with Gasteiger partial charge in [0.15, 0.2) is 5.82 Å².